The fourth-order valence-corrected chi connectivity index (χ4v) is 1.49. The number of aliphatic carboxylic acids is 2. The van der Waals surface area contributed by atoms with Crippen LogP contribution in [0.1, 0.15) is 12.8 Å². The maximum Gasteiger partial charge on any atom is 0.320 e. The number of hydrogen-bond acceptors (Lipinski definition) is 3. The Bertz CT molecular complexity index is 204. The predicted molar refractivity (Wildman–Crippen MR) is 39.8 cm³/mol. The van der Waals surface area contributed by atoms with Gasteiger partial charge in [0.2, 0.25) is 0 Å². The second kappa shape index (κ2) is 3.53. The molecule has 0 aromatic heterocycles. The lowest BCUT2D eigenvalue weighted by Crippen LogP contribution is -2.36. The Hall–Kier alpha value is -1.10. The van der Waals surface area contributed by atoms with E-state index >= 15 is 0 Å². The van der Waals surface area contributed by atoms with Gasteiger partial charge in [-0.2, -0.15) is 0 Å². The van der Waals surface area contributed by atoms with E-state index in [9.17, 15) is 9.59 Å². The first-order valence-corrected chi connectivity index (χ1v) is 3.79. The molecule has 1 saturated heterocycles. The summed E-state index contributed by atoms with van der Waals surface area (Å²) in [4.78, 5) is 20.8. The molecule has 1 fully saturated rings. The van der Waals surface area contributed by atoms with Crippen LogP contribution >= 0.6 is 0 Å². The van der Waals surface area contributed by atoms with Crippen LogP contribution in [-0.4, -0.2) is 34.7 Å². The summed E-state index contributed by atoms with van der Waals surface area (Å²) in [7, 11) is 0. The van der Waals surface area contributed by atoms with E-state index in [1.54, 1.807) is 0 Å². The van der Waals surface area contributed by atoms with Crippen LogP contribution in [0.25, 0.3) is 0 Å². The maximum absolute atomic E-state index is 10.5. The SMILES string of the molecule is O=C(O)CC1CCN[C@@H]1C(=O)O. The Morgan fingerprint density at radius 3 is 2.58 bits per heavy atom. The van der Waals surface area contributed by atoms with E-state index in [2.05, 4.69) is 5.32 Å². The van der Waals surface area contributed by atoms with Gasteiger partial charge in [0, 0.05) is 0 Å². The zero-order valence-corrected chi connectivity index (χ0v) is 6.49. The number of carboxylic acid groups (broad SMARTS) is 2. The number of carbonyl (C=O) groups is 2. The third-order valence-corrected chi connectivity index (χ3v) is 2.05. The number of nitrogens with one attached hydrogen (secondary N) is 1. The van der Waals surface area contributed by atoms with E-state index < -0.39 is 18.0 Å². The smallest absolute Gasteiger partial charge is 0.320 e. The molecule has 68 valence electrons. The third kappa shape index (κ3) is 1.94. The highest BCUT2D eigenvalue weighted by molar-refractivity contribution is 5.76. The normalized spacial score (nSPS) is 28.7. The highest BCUT2D eigenvalue weighted by atomic mass is 16.4. The molecule has 1 aliphatic heterocycles. The number of hydrogen-bond donors (Lipinski definition) is 3. The molecule has 1 aliphatic rings. The van der Waals surface area contributed by atoms with Crippen LogP contribution in [0.2, 0.25) is 0 Å². The third-order valence-electron chi connectivity index (χ3n) is 2.05. The molecule has 0 aliphatic carbocycles. The average Bonchev–Trinajstić information content (AvgIpc) is 2.33. The van der Waals surface area contributed by atoms with Crippen molar-refractivity contribution in [2.75, 3.05) is 6.54 Å². The second-order valence-electron chi connectivity index (χ2n) is 2.92. The van der Waals surface area contributed by atoms with Crippen molar-refractivity contribution in [3.05, 3.63) is 0 Å². The molecule has 2 atom stereocenters. The summed E-state index contributed by atoms with van der Waals surface area (Å²) in [6.45, 7) is 0.592. The minimum absolute atomic E-state index is 0.0655. The summed E-state index contributed by atoms with van der Waals surface area (Å²) in [5, 5.41) is 19.8. The summed E-state index contributed by atoms with van der Waals surface area (Å²) in [5.74, 6) is -2.16. The lowest BCUT2D eigenvalue weighted by Gasteiger charge is -2.12. The van der Waals surface area contributed by atoms with E-state index in [4.69, 9.17) is 10.2 Å². The summed E-state index contributed by atoms with van der Waals surface area (Å²) in [6, 6.07) is -0.680. The number of carboxylic acids is 2. The van der Waals surface area contributed by atoms with Crippen LogP contribution in [0.4, 0.5) is 0 Å². The van der Waals surface area contributed by atoms with E-state index in [0.29, 0.717) is 13.0 Å². The van der Waals surface area contributed by atoms with E-state index in [1.807, 2.05) is 0 Å². The summed E-state index contributed by atoms with van der Waals surface area (Å²) in [6.07, 6.45) is 0.563. The van der Waals surface area contributed by atoms with Crippen molar-refractivity contribution in [2.24, 2.45) is 5.92 Å². The van der Waals surface area contributed by atoms with E-state index in [0.717, 1.165) is 0 Å². The molecule has 0 aromatic rings. The second-order valence-corrected chi connectivity index (χ2v) is 2.92. The highest BCUT2D eigenvalue weighted by Gasteiger charge is 2.33. The van der Waals surface area contributed by atoms with Crippen LogP contribution in [0.3, 0.4) is 0 Å². The molecule has 5 heteroatoms. The molecule has 0 bridgehead atoms. The van der Waals surface area contributed by atoms with Crippen LogP contribution < -0.4 is 5.32 Å². The summed E-state index contributed by atoms with van der Waals surface area (Å²) < 4.78 is 0. The summed E-state index contributed by atoms with van der Waals surface area (Å²) in [5.41, 5.74) is 0. The first-order chi connectivity index (χ1) is 5.61. The van der Waals surface area contributed by atoms with Crippen molar-refractivity contribution in [3.63, 3.8) is 0 Å². The molecule has 1 rings (SSSR count). The zero-order chi connectivity index (χ0) is 9.14. The first kappa shape index (κ1) is 8.99. The van der Waals surface area contributed by atoms with Gasteiger partial charge in [-0.25, -0.2) is 0 Å². The highest BCUT2D eigenvalue weighted by Crippen LogP contribution is 2.19. The molecule has 0 radical (unpaired) electrons. The van der Waals surface area contributed by atoms with Crippen molar-refractivity contribution in [2.45, 2.75) is 18.9 Å². The molecule has 0 aromatic carbocycles. The van der Waals surface area contributed by atoms with E-state index in [-0.39, 0.29) is 12.3 Å². The van der Waals surface area contributed by atoms with Gasteiger partial charge in [-0.1, -0.05) is 0 Å². The fourth-order valence-electron chi connectivity index (χ4n) is 1.49. The van der Waals surface area contributed by atoms with Gasteiger partial charge in [0.1, 0.15) is 6.04 Å². The van der Waals surface area contributed by atoms with Crippen LogP contribution in [0, 0.1) is 5.92 Å². The Morgan fingerprint density at radius 1 is 1.42 bits per heavy atom. The minimum Gasteiger partial charge on any atom is -0.481 e. The molecule has 0 spiro atoms. The van der Waals surface area contributed by atoms with Gasteiger partial charge in [0.05, 0.1) is 6.42 Å². The fraction of sp³-hybridized carbons (Fsp3) is 0.714. The van der Waals surface area contributed by atoms with Crippen LogP contribution in [-0.2, 0) is 9.59 Å². The van der Waals surface area contributed by atoms with Gasteiger partial charge in [-0.05, 0) is 18.9 Å². The molecule has 0 amide bonds. The van der Waals surface area contributed by atoms with Crippen molar-refractivity contribution >= 4 is 11.9 Å². The maximum atomic E-state index is 10.5. The zero-order valence-electron chi connectivity index (χ0n) is 6.49. The molecule has 3 N–H and O–H groups in total. The molecule has 1 heterocycles. The topological polar surface area (TPSA) is 86.6 Å². The molecular formula is C7H11NO4. The summed E-state index contributed by atoms with van der Waals surface area (Å²) >= 11 is 0. The van der Waals surface area contributed by atoms with Gasteiger partial charge in [0.25, 0.3) is 0 Å². The molecule has 1 unspecified atom stereocenters. The lowest BCUT2D eigenvalue weighted by atomic mass is 9.97. The molecule has 5 nitrogen and oxygen atoms in total. The number of rotatable bonds is 3. The van der Waals surface area contributed by atoms with Crippen LogP contribution in [0.5, 0.6) is 0 Å². The largest absolute Gasteiger partial charge is 0.481 e. The van der Waals surface area contributed by atoms with Gasteiger partial charge in [-0.15, -0.1) is 0 Å². The van der Waals surface area contributed by atoms with Gasteiger partial charge in [-0.3, -0.25) is 9.59 Å². The van der Waals surface area contributed by atoms with Gasteiger partial charge < -0.3 is 15.5 Å². The molecule has 12 heavy (non-hydrogen) atoms. The van der Waals surface area contributed by atoms with Gasteiger partial charge >= 0.3 is 11.9 Å². The quantitative estimate of drug-likeness (QED) is 0.536. The van der Waals surface area contributed by atoms with Crippen molar-refractivity contribution < 1.29 is 19.8 Å². The average molecular weight is 173 g/mol. The lowest BCUT2D eigenvalue weighted by molar-refractivity contribution is -0.141. The Balaban J connectivity index is 2.52. The minimum atomic E-state index is -0.959. The van der Waals surface area contributed by atoms with Gasteiger partial charge in [0.15, 0.2) is 0 Å². The standard InChI is InChI=1S/C7H11NO4/c9-5(10)3-4-1-2-8-6(4)7(11)12/h4,6,8H,1-3H2,(H,9,10)(H,11,12)/t4?,6-/m0/s1. The molecule has 0 saturated carbocycles. The molecular weight excluding hydrogens is 162 g/mol. The Labute approximate surface area is 69.4 Å². The van der Waals surface area contributed by atoms with Crippen molar-refractivity contribution in [3.8, 4) is 0 Å². The Morgan fingerprint density at radius 2 is 2.08 bits per heavy atom. The first-order valence-electron chi connectivity index (χ1n) is 3.79. The monoisotopic (exact) mass is 173 g/mol. The van der Waals surface area contributed by atoms with Crippen molar-refractivity contribution in [1.29, 1.82) is 0 Å². The Kier molecular flexibility index (Phi) is 2.65. The van der Waals surface area contributed by atoms with Crippen molar-refractivity contribution in [1.82, 2.24) is 5.32 Å². The predicted octanol–water partition coefficient (Wildman–Crippen LogP) is -0.476. The van der Waals surface area contributed by atoms with Crippen LogP contribution in [0.15, 0.2) is 0 Å². The van der Waals surface area contributed by atoms with E-state index in [1.165, 1.54) is 0 Å².